The standard InChI is InChI=1S/C26H44O6/c1-3-5-7-13-20-30-24(31-21-14-8-6-4-2)19-12-10-9-11-16-22-17-15-18-23(25(22)27)32-26(28)29/h15,17-18,24,27H,3-14,16,19-21H2,1-2H3,(H,28,29). The Morgan fingerprint density at radius 2 is 1.44 bits per heavy atom. The topological polar surface area (TPSA) is 85.2 Å². The van der Waals surface area contributed by atoms with Crippen LogP contribution in [0.5, 0.6) is 11.5 Å². The zero-order valence-corrected chi connectivity index (χ0v) is 20.2. The molecule has 32 heavy (non-hydrogen) atoms. The third-order valence-electron chi connectivity index (χ3n) is 5.52. The van der Waals surface area contributed by atoms with Gasteiger partial charge in [-0.15, -0.1) is 0 Å². The molecular formula is C26H44O6. The third-order valence-corrected chi connectivity index (χ3v) is 5.52. The highest BCUT2D eigenvalue weighted by molar-refractivity contribution is 5.63. The van der Waals surface area contributed by atoms with Gasteiger partial charge in [0.2, 0.25) is 0 Å². The Kier molecular flexibility index (Phi) is 16.5. The molecule has 1 rings (SSSR count). The number of benzene rings is 1. The second-order valence-electron chi connectivity index (χ2n) is 8.38. The van der Waals surface area contributed by atoms with Crippen molar-refractivity contribution in [2.24, 2.45) is 0 Å². The molecule has 0 aliphatic rings. The van der Waals surface area contributed by atoms with Crippen LogP contribution >= 0.6 is 0 Å². The van der Waals surface area contributed by atoms with Crippen LogP contribution in [0.15, 0.2) is 18.2 Å². The molecule has 6 heteroatoms. The molecular weight excluding hydrogens is 408 g/mol. The summed E-state index contributed by atoms with van der Waals surface area (Å²) in [6, 6.07) is 4.96. The van der Waals surface area contributed by atoms with Crippen molar-refractivity contribution in [2.45, 2.75) is 110 Å². The molecule has 6 nitrogen and oxygen atoms in total. The molecule has 0 radical (unpaired) electrons. The van der Waals surface area contributed by atoms with Gasteiger partial charge in [-0.2, -0.15) is 0 Å². The van der Waals surface area contributed by atoms with Crippen molar-refractivity contribution >= 4 is 6.16 Å². The molecule has 0 unspecified atom stereocenters. The van der Waals surface area contributed by atoms with E-state index in [1.54, 1.807) is 12.1 Å². The monoisotopic (exact) mass is 452 g/mol. The van der Waals surface area contributed by atoms with E-state index in [1.165, 1.54) is 44.6 Å². The average molecular weight is 453 g/mol. The lowest BCUT2D eigenvalue weighted by Gasteiger charge is -2.19. The minimum atomic E-state index is -1.42. The number of rotatable bonds is 20. The van der Waals surface area contributed by atoms with E-state index < -0.39 is 6.16 Å². The summed E-state index contributed by atoms with van der Waals surface area (Å²) in [7, 11) is 0. The van der Waals surface area contributed by atoms with Gasteiger partial charge in [-0.1, -0.05) is 77.3 Å². The lowest BCUT2D eigenvalue weighted by atomic mass is 10.0. The van der Waals surface area contributed by atoms with Crippen molar-refractivity contribution in [2.75, 3.05) is 13.2 Å². The highest BCUT2D eigenvalue weighted by Crippen LogP contribution is 2.31. The number of carbonyl (C=O) groups is 1. The lowest BCUT2D eigenvalue weighted by molar-refractivity contribution is -0.148. The molecule has 0 saturated carbocycles. The van der Waals surface area contributed by atoms with Crippen LogP contribution in [0.25, 0.3) is 0 Å². The van der Waals surface area contributed by atoms with Crippen molar-refractivity contribution < 1.29 is 29.2 Å². The maximum absolute atomic E-state index is 10.7. The van der Waals surface area contributed by atoms with Crippen LogP contribution in [-0.2, 0) is 15.9 Å². The summed E-state index contributed by atoms with van der Waals surface area (Å²) in [5, 5.41) is 18.9. The summed E-state index contributed by atoms with van der Waals surface area (Å²) >= 11 is 0. The van der Waals surface area contributed by atoms with E-state index in [-0.39, 0.29) is 17.8 Å². The fraction of sp³-hybridized carbons (Fsp3) is 0.731. The van der Waals surface area contributed by atoms with Gasteiger partial charge < -0.3 is 24.4 Å². The molecule has 0 saturated heterocycles. The van der Waals surface area contributed by atoms with E-state index in [9.17, 15) is 9.90 Å². The number of ether oxygens (including phenoxy) is 3. The van der Waals surface area contributed by atoms with Gasteiger partial charge in [0.15, 0.2) is 17.8 Å². The maximum Gasteiger partial charge on any atom is 0.511 e. The molecule has 0 bridgehead atoms. The zero-order chi connectivity index (χ0) is 23.4. The second-order valence-corrected chi connectivity index (χ2v) is 8.38. The van der Waals surface area contributed by atoms with Gasteiger partial charge in [0, 0.05) is 13.2 Å². The minimum Gasteiger partial charge on any atom is -0.504 e. The number of para-hydroxylation sites is 1. The quantitative estimate of drug-likeness (QED) is 0.0924. The molecule has 0 aromatic heterocycles. The Morgan fingerprint density at radius 1 is 0.844 bits per heavy atom. The first-order valence-corrected chi connectivity index (χ1v) is 12.5. The smallest absolute Gasteiger partial charge is 0.504 e. The zero-order valence-electron chi connectivity index (χ0n) is 20.2. The summed E-state index contributed by atoms with van der Waals surface area (Å²) in [6.45, 7) is 5.97. The largest absolute Gasteiger partial charge is 0.511 e. The van der Waals surface area contributed by atoms with Crippen molar-refractivity contribution in [3.63, 3.8) is 0 Å². The Balaban J connectivity index is 2.28. The minimum absolute atomic E-state index is 0.00925. The molecule has 184 valence electrons. The predicted octanol–water partition coefficient (Wildman–Crippen LogP) is 7.46. The van der Waals surface area contributed by atoms with Gasteiger partial charge >= 0.3 is 6.16 Å². The van der Waals surface area contributed by atoms with Crippen LogP contribution in [0.2, 0.25) is 0 Å². The molecule has 0 fully saturated rings. The first kappa shape index (κ1) is 28.2. The summed E-state index contributed by atoms with van der Waals surface area (Å²) in [6.07, 6.45) is 13.7. The van der Waals surface area contributed by atoms with Crippen LogP contribution in [-0.4, -0.2) is 35.9 Å². The highest BCUT2D eigenvalue weighted by atomic mass is 16.7. The summed E-state index contributed by atoms with van der Waals surface area (Å²) < 4.78 is 16.6. The molecule has 0 spiro atoms. The predicted molar refractivity (Wildman–Crippen MR) is 128 cm³/mol. The molecule has 0 amide bonds. The Hall–Kier alpha value is -1.79. The van der Waals surface area contributed by atoms with Crippen molar-refractivity contribution in [3.05, 3.63) is 23.8 Å². The van der Waals surface area contributed by atoms with Crippen LogP contribution in [0.4, 0.5) is 4.79 Å². The second kappa shape index (κ2) is 18.8. The molecule has 0 aliphatic heterocycles. The van der Waals surface area contributed by atoms with Gasteiger partial charge in [-0.05, 0) is 50.2 Å². The SMILES string of the molecule is CCCCCCOC(CCCCCCc1cccc(OC(=O)O)c1O)OCCCCCC. The molecule has 0 atom stereocenters. The van der Waals surface area contributed by atoms with Gasteiger partial charge in [0.25, 0.3) is 0 Å². The number of aromatic hydroxyl groups is 1. The molecule has 1 aromatic carbocycles. The van der Waals surface area contributed by atoms with E-state index in [0.717, 1.165) is 58.2 Å². The van der Waals surface area contributed by atoms with E-state index in [2.05, 4.69) is 18.6 Å². The summed E-state index contributed by atoms with van der Waals surface area (Å²) in [4.78, 5) is 10.7. The van der Waals surface area contributed by atoms with E-state index in [0.29, 0.717) is 12.0 Å². The molecule has 0 heterocycles. The van der Waals surface area contributed by atoms with Crippen molar-refractivity contribution in [1.29, 1.82) is 0 Å². The van der Waals surface area contributed by atoms with Gasteiger partial charge in [0.05, 0.1) is 0 Å². The van der Waals surface area contributed by atoms with Crippen LogP contribution < -0.4 is 4.74 Å². The van der Waals surface area contributed by atoms with Crippen LogP contribution in [0, 0.1) is 0 Å². The van der Waals surface area contributed by atoms with Crippen molar-refractivity contribution in [3.8, 4) is 11.5 Å². The average Bonchev–Trinajstić information content (AvgIpc) is 2.77. The summed E-state index contributed by atoms with van der Waals surface area (Å²) in [5.41, 5.74) is 0.715. The van der Waals surface area contributed by atoms with Gasteiger partial charge in [-0.3, -0.25) is 0 Å². The number of phenols is 1. The van der Waals surface area contributed by atoms with Crippen LogP contribution in [0.3, 0.4) is 0 Å². The first-order chi connectivity index (χ1) is 15.6. The maximum atomic E-state index is 10.7. The fourth-order valence-electron chi connectivity index (χ4n) is 3.63. The lowest BCUT2D eigenvalue weighted by Crippen LogP contribution is -2.19. The number of aryl methyl sites for hydroxylation is 1. The van der Waals surface area contributed by atoms with Crippen LogP contribution in [0.1, 0.15) is 103 Å². The molecule has 1 aromatic rings. The Bertz CT molecular complexity index is 590. The van der Waals surface area contributed by atoms with Gasteiger partial charge in [-0.25, -0.2) is 4.79 Å². The highest BCUT2D eigenvalue weighted by Gasteiger charge is 2.12. The number of phenolic OH excluding ortho intramolecular Hbond substituents is 1. The molecule has 0 aliphatic carbocycles. The Morgan fingerprint density at radius 3 is 2.03 bits per heavy atom. The Labute approximate surface area is 194 Å². The number of hydrogen-bond donors (Lipinski definition) is 2. The number of carboxylic acid groups (broad SMARTS) is 1. The normalized spacial score (nSPS) is 11.2. The number of unbranched alkanes of at least 4 members (excludes halogenated alkanes) is 9. The first-order valence-electron chi connectivity index (χ1n) is 12.5. The molecule has 2 N–H and O–H groups in total. The van der Waals surface area contributed by atoms with E-state index in [4.69, 9.17) is 14.6 Å². The van der Waals surface area contributed by atoms with Crippen molar-refractivity contribution in [1.82, 2.24) is 0 Å². The van der Waals surface area contributed by atoms with E-state index >= 15 is 0 Å². The van der Waals surface area contributed by atoms with Gasteiger partial charge in [0.1, 0.15) is 0 Å². The summed E-state index contributed by atoms with van der Waals surface area (Å²) in [5.74, 6) is -0.0899. The number of hydrogen-bond acceptors (Lipinski definition) is 5. The third kappa shape index (κ3) is 13.6. The van der Waals surface area contributed by atoms with E-state index in [1.807, 2.05) is 0 Å². The fourth-order valence-corrected chi connectivity index (χ4v) is 3.63.